The molecule has 0 unspecified atom stereocenters. The van der Waals surface area contributed by atoms with Crippen LogP contribution in [0.4, 0.5) is 34.1 Å². The molecule has 0 saturated carbocycles. The Labute approximate surface area is 379 Å². The van der Waals surface area contributed by atoms with Crippen LogP contribution in [0.25, 0.3) is 54.6 Å². The normalized spacial score (nSPS) is 11.7. The molecule has 0 saturated heterocycles. The lowest BCUT2D eigenvalue weighted by Crippen LogP contribution is -2.14. The predicted molar refractivity (Wildman–Crippen MR) is 278 cm³/mol. The Morgan fingerprint density at radius 3 is 1.05 bits per heavy atom. The van der Waals surface area contributed by atoms with Crippen LogP contribution in [0.3, 0.4) is 0 Å². The summed E-state index contributed by atoms with van der Waals surface area (Å²) >= 11 is 0. The van der Waals surface area contributed by atoms with Gasteiger partial charge in [-0.2, -0.15) is 0 Å². The number of hydrogen-bond acceptors (Lipinski definition) is 2. The molecular formula is C62H56N2. The van der Waals surface area contributed by atoms with Crippen molar-refractivity contribution in [1.82, 2.24) is 0 Å². The highest BCUT2D eigenvalue weighted by atomic mass is 15.2. The monoisotopic (exact) mass is 828 g/mol. The molecule has 10 aromatic rings. The molecule has 10 rings (SSSR count). The van der Waals surface area contributed by atoms with Gasteiger partial charge < -0.3 is 9.80 Å². The minimum absolute atomic E-state index is 0.288. The van der Waals surface area contributed by atoms with Gasteiger partial charge in [0.05, 0.1) is 11.4 Å². The lowest BCUT2D eigenvalue weighted by atomic mass is 9.83. The Morgan fingerprint density at radius 2 is 0.688 bits per heavy atom. The van der Waals surface area contributed by atoms with Crippen LogP contribution in [-0.4, -0.2) is 0 Å². The molecule has 64 heavy (non-hydrogen) atoms. The van der Waals surface area contributed by atoms with Gasteiger partial charge in [0.15, 0.2) is 0 Å². The molecule has 0 atom stereocenters. The van der Waals surface area contributed by atoms with Crippen LogP contribution < -0.4 is 9.80 Å². The third-order valence-corrected chi connectivity index (χ3v) is 13.5. The summed E-state index contributed by atoms with van der Waals surface area (Å²) in [6, 6.07) is 68.0. The zero-order valence-electron chi connectivity index (χ0n) is 38.4. The Kier molecular flexibility index (Phi) is 10.6. The Bertz CT molecular complexity index is 3060. The number of anilines is 6. The van der Waals surface area contributed by atoms with Gasteiger partial charge in [-0.1, -0.05) is 172 Å². The molecule has 10 aromatic carbocycles. The zero-order chi connectivity index (χ0) is 44.2. The highest BCUT2D eigenvalue weighted by Gasteiger charge is 2.27. The quantitative estimate of drug-likeness (QED) is 0.127. The first-order valence-corrected chi connectivity index (χ1v) is 22.9. The standard InChI is InChI=1S/C62H56N2/c1-39(2)55-37-59(63(47-29-25-41(5)26-30-47)57-23-15-21-49(43(57)7)45-17-11-9-12-18-45)53-36-34-52-56(40(3)4)38-60(54-35-33-51(55)61(53)62(52)54)64(48-31-27-42(6)28-32-48)58-24-16-22-50(44(58)8)46-19-13-10-14-20-46/h9-40H,1-8H3. The predicted octanol–water partition coefficient (Wildman–Crippen LogP) is 18.3. The number of rotatable bonds is 10. The van der Waals surface area contributed by atoms with Crippen LogP contribution in [0.1, 0.15) is 72.9 Å². The van der Waals surface area contributed by atoms with Crippen LogP contribution in [0.5, 0.6) is 0 Å². The summed E-state index contributed by atoms with van der Waals surface area (Å²) in [5.41, 5.74) is 19.7. The van der Waals surface area contributed by atoms with Crippen molar-refractivity contribution in [3.8, 4) is 22.3 Å². The maximum atomic E-state index is 2.53. The van der Waals surface area contributed by atoms with Crippen molar-refractivity contribution in [2.45, 2.75) is 67.2 Å². The van der Waals surface area contributed by atoms with Gasteiger partial charge in [0.25, 0.3) is 0 Å². The molecule has 0 bridgehead atoms. The highest BCUT2D eigenvalue weighted by molar-refractivity contribution is 6.29. The largest absolute Gasteiger partial charge is 0.310 e. The van der Waals surface area contributed by atoms with Crippen molar-refractivity contribution in [3.05, 3.63) is 215 Å². The first-order valence-electron chi connectivity index (χ1n) is 22.9. The molecule has 0 N–H and O–H groups in total. The average Bonchev–Trinajstić information content (AvgIpc) is 3.31. The van der Waals surface area contributed by atoms with Gasteiger partial charge in [0.1, 0.15) is 0 Å². The molecule has 0 heterocycles. The summed E-state index contributed by atoms with van der Waals surface area (Å²) in [6.45, 7) is 18.3. The third kappa shape index (κ3) is 6.99. The maximum Gasteiger partial charge on any atom is 0.0543 e. The molecule has 2 heteroatoms. The summed E-state index contributed by atoms with van der Waals surface area (Å²) in [7, 11) is 0. The fourth-order valence-electron chi connectivity index (χ4n) is 10.1. The van der Waals surface area contributed by atoms with E-state index in [2.05, 4.69) is 247 Å². The molecule has 0 fully saturated rings. The molecule has 314 valence electrons. The van der Waals surface area contributed by atoms with Crippen LogP contribution in [0.15, 0.2) is 182 Å². The topological polar surface area (TPSA) is 6.48 Å². The van der Waals surface area contributed by atoms with Crippen LogP contribution in [-0.2, 0) is 0 Å². The number of benzene rings is 10. The van der Waals surface area contributed by atoms with Crippen molar-refractivity contribution < 1.29 is 0 Å². The molecule has 0 spiro atoms. The van der Waals surface area contributed by atoms with Crippen molar-refractivity contribution in [2.75, 3.05) is 9.80 Å². The summed E-state index contributed by atoms with van der Waals surface area (Å²) in [4.78, 5) is 5.06. The van der Waals surface area contributed by atoms with Gasteiger partial charge in [-0.3, -0.25) is 0 Å². The fraction of sp³-hybridized carbons (Fsp3) is 0.161. The van der Waals surface area contributed by atoms with E-state index in [1.807, 2.05) is 0 Å². The zero-order valence-corrected chi connectivity index (χ0v) is 38.4. The molecule has 0 amide bonds. The Morgan fingerprint density at radius 1 is 0.328 bits per heavy atom. The molecular weight excluding hydrogens is 773 g/mol. The summed E-state index contributed by atoms with van der Waals surface area (Å²) in [5.74, 6) is 0.577. The lowest BCUT2D eigenvalue weighted by Gasteiger charge is -2.33. The minimum Gasteiger partial charge on any atom is -0.310 e. The second-order valence-corrected chi connectivity index (χ2v) is 18.3. The van der Waals surface area contributed by atoms with E-state index < -0.39 is 0 Å². The fourth-order valence-corrected chi connectivity index (χ4v) is 10.1. The van der Waals surface area contributed by atoms with Gasteiger partial charge in [-0.15, -0.1) is 0 Å². The van der Waals surface area contributed by atoms with Gasteiger partial charge in [-0.05, 0) is 154 Å². The maximum absolute atomic E-state index is 2.53. The van der Waals surface area contributed by atoms with E-state index in [9.17, 15) is 0 Å². The minimum atomic E-state index is 0.288. The number of aryl methyl sites for hydroxylation is 2. The number of hydrogen-bond donors (Lipinski definition) is 0. The Balaban J connectivity index is 1.31. The van der Waals surface area contributed by atoms with Gasteiger partial charge in [0, 0.05) is 33.5 Å². The van der Waals surface area contributed by atoms with Gasteiger partial charge in [-0.25, -0.2) is 0 Å². The van der Waals surface area contributed by atoms with Crippen LogP contribution in [0, 0.1) is 27.7 Å². The van der Waals surface area contributed by atoms with Gasteiger partial charge >= 0.3 is 0 Å². The summed E-state index contributed by atoms with van der Waals surface area (Å²) in [6.07, 6.45) is 0. The molecule has 0 radical (unpaired) electrons. The van der Waals surface area contributed by atoms with Crippen LogP contribution in [0.2, 0.25) is 0 Å². The van der Waals surface area contributed by atoms with Crippen molar-refractivity contribution in [3.63, 3.8) is 0 Å². The first kappa shape index (κ1) is 40.9. The van der Waals surface area contributed by atoms with E-state index in [1.54, 1.807) is 0 Å². The third-order valence-electron chi connectivity index (χ3n) is 13.5. The molecule has 0 aliphatic heterocycles. The molecule has 0 aliphatic rings. The van der Waals surface area contributed by atoms with E-state index in [1.165, 1.54) is 111 Å². The second kappa shape index (κ2) is 16.5. The first-order chi connectivity index (χ1) is 31.1. The van der Waals surface area contributed by atoms with E-state index in [-0.39, 0.29) is 11.8 Å². The van der Waals surface area contributed by atoms with E-state index in [0.29, 0.717) is 0 Å². The van der Waals surface area contributed by atoms with Crippen molar-refractivity contribution in [1.29, 1.82) is 0 Å². The highest BCUT2D eigenvalue weighted by Crippen LogP contribution is 2.52. The van der Waals surface area contributed by atoms with Gasteiger partial charge in [0.2, 0.25) is 0 Å². The SMILES string of the molecule is Cc1ccc(N(c2cccc(-c3ccccc3)c2C)c2cc(C(C)C)c3ccc4c(N(c5ccc(C)cc5)c5cccc(-c6ccccc6)c5C)cc(C(C)C)c5ccc2c3c54)cc1. The van der Waals surface area contributed by atoms with E-state index in [4.69, 9.17) is 0 Å². The Hall–Kier alpha value is -7.16. The molecule has 0 aliphatic carbocycles. The smallest absolute Gasteiger partial charge is 0.0543 e. The van der Waals surface area contributed by atoms with Crippen LogP contribution >= 0.6 is 0 Å². The van der Waals surface area contributed by atoms with E-state index >= 15 is 0 Å². The second-order valence-electron chi connectivity index (χ2n) is 18.3. The average molecular weight is 829 g/mol. The molecule has 2 nitrogen and oxygen atoms in total. The van der Waals surface area contributed by atoms with E-state index in [0.717, 1.165) is 11.4 Å². The van der Waals surface area contributed by atoms with Crippen molar-refractivity contribution in [2.24, 2.45) is 0 Å². The lowest BCUT2D eigenvalue weighted by molar-refractivity contribution is 0.875. The molecule has 0 aromatic heterocycles. The number of nitrogens with zero attached hydrogens (tertiary/aromatic N) is 2. The summed E-state index contributed by atoms with van der Waals surface area (Å²) < 4.78 is 0. The summed E-state index contributed by atoms with van der Waals surface area (Å²) in [5, 5.41) is 7.79. The van der Waals surface area contributed by atoms with Crippen molar-refractivity contribution >= 4 is 66.4 Å².